The van der Waals surface area contributed by atoms with Gasteiger partial charge in [0.15, 0.2) is 6.61 Å². The highest BCUT2D eigenvalue weighted by molar-refractivity contribution is 7.90. The lowest BCUT2D eigenvalue weighted by Gasteiger charge is -2.19. The van der Waals surface area contributed by atoms with Crippen LogP contribution in [0.25, 0.3) is 0 Å². The molecule has 0 saturated heterocycles. The van der Waals surface area contributed by atoms with Crippen molar-refractivity contribution < 1.29 is 22.7 Å². The molecule has 0 radical (unpaired) electrons. The number of anilines is 1. The summed E-state index contributed by atoms with van der Waals surface area (Å²) in [7, 11) is -3.73. The minimum absolute atomic E-state index is 0.0495. The van der Waals surface area contributed by atoms with Crippen LogP contribution in [-0.2, 0) is 24.3 Å². The number of nitrogens with zero attached hydrogens (tertiary/aromatic N) is 3. The summed E-state index contributed by atoms with van der Waals surface area (Å²) in [6.07, 6.45) is 4.13. The lowest BCUT2D eigenvalue weighted by molar-refractivity contribution is -0.148. The fourth-order valence-electron chi connectivity index (χ4n) is 4.61. The average Bonchev–Trinajstić information content (AvgIpc) is 3.49. The zero-order valence-electron chi connectivity index (χ0n) is 19.8. The van der Waals surface area contributed by atoms with E-state index in [1.807, 2.05) is 18.4 Å². The molecule has 0 spiro atoms. The van der Waals surface area contributed by atoms with Crippen LogP contribution in [0.5, 0.6) is 0 Å². The van der Waals surface area contributed by atoms with Gasteiger partial charge in [0.05, 0.1) is 10.5 Å². The Morgan fingerprint density at radius 2 is 1.97 bits per heavy atom. The number of aromatic nitrogens is 1. The van der Waals surface area contributed by atoms with Gasteiger partial charge in [0.25, 0.3) is 15.9 Å². The summed E-state index contributed by atoms with van der Waals surface area (Å²) >= 11 is 0. The highest BCUT2D eigenvalue weighted by Crippen LogP contribution is 2.37. The molecule has 1 aromatic heterocycles. The highest BCUT2D eigenvalue weighted by atomic mass is 32.2. The number of nitriles is 1. The molecule has 1 saturated carbocycles. The summed E-state index contributed by atoms with van der Waals surface area (Å²) in [6, 6.07) is 7.65. The lowest BCUT2D eigenvalue weighted by Crippen LogP contribution is -2.29. The Morgan fingerprint density at radius 1 is 1.29 bits per heavy atom. The first-order valence-electron chi connectivity index (χ1n) is 11.4. The van der Waals surface area contributed by atoms with Gasteiger partial charge in [0.2, 0.25) is 0 Å². The van der Waals surface area contributed by atoms with E-state index in [-0.39, 0.29) is 16.8 Å². The minimum Gasteiger partial charge on any atom is -0.454 e. The van der Waals surface area contributed by atoms with E-state index < -0.39 is 34.5 Å². The lowest BCUT2D eigenvalue weighted by atomic mass is 10.2. The number of fused-ring (bicyclic) bond motifs is 1. The zero-order chi connectivity index (χ0) is 25.3. The van der Waals surface area contributed by atoms with Gasteiger partial charge in [-0.2, -0.15) is 5.26 Å². The maximum absolute atomic E-state index is 12.7. The van der Waals surface area contributed by atoms with Crippen LogP contribution < -0.4 is 10.0 Å². The number of ether oxygens (including phenoxy) is 1. The first-order chi connectivity index (χ1) is 16.6. The summed E-state index contributed by atoms with van der Waals surface area (Å²) in [5.74, 6) is -0.872. The number of nitrogens with one attached hydrogen (secondary N) is 2. The number of esters is 1. The molecule has 1 aromatic carbocycles. The molecule has 0 bridgehead atoms. The van der Waals surface area contributed by atoms with Gasteiger partial charge in [-0.05, 0) is 51.3 Å². The third kappa shape index (κ3) is 4.66. The van der Waals surface area contributed by atoms with Crippen molar-refractivity contribution in [1.82, 2.24) is 9.29 Å². The maximum atomic E-state index is 12.7. The van der Waals surface area contributed by atoms with E-state index in [2.05, 4.69) is 21.1 Å². The normalized spacial score (nSPS) is 18.5. The van der Waals surface area contributed by atoms with Gasteiger partial charge in [-0.1, -0.05) is 25.0 Å². The van der Waals surface area contributed by atoms with E-state index in [0.29, 0.717) is 16.9 Å². The maximum Gasteiger partial charge on any atom is 0.331 e. The molecule has 2 heterocycles. The molecule has 2 aliphatic rings. The number of amides is 1. The molecule has 2 N–H and O–H groups in total. The Hall–Kier alpha value is -3.65. The Morgan fingerprint density at radius 3 is 2.66 bits per heavy atom. The minimum atomic E-state index is -3.73. The van der Waals surface area contributed by atoms with Gasteiger partial charge >= 0.3 is 5.97 Å². The van der Waals surface area contributed by atoms with Crippen molar-refractivity contribution in [2.75, 3.05) is 11.9 Å². The summed E-state index contributed by atoms with van der Waals surface area (Å²) in [6.45, 7) is 4.68. The van der Waals surface area contributed by atoms with E-state index in [1.165, 1.54) is 13.0 Å². The largest absolute Gasteiger partial charge is 0.454 e. The third-order valence-electron chi connectivity index (χ3n) is 6.49. The third-order valence-corrected chi connectivity index (χ3v) is 7.89. The predicted octanol–water partition coefficient (Wildman–Crippen LogP) is 2.70. The van der Waals surface area contributed by atoms with Crippen LogP contribution in [0.4, 0.5) is 5.82 Å². The fourth-order valence-corrected chi connectivity index (χ4v) is 5.85. The molecule has 1 aliphatic heterocycles. The Labute approximate surface area is 204 Å². The van der Waals surface area contributed by atoms with E-state index in [1.54, 1.807) is 18.2 Å². The number of aliphatic imine (C=N–C) groups is 1. The molecule has 10 nitrogen and oxygen atoms in total. The Bertz CT molecular complexity index is 1360. The second-order valence-corrected chi connectivity index (χ2v) is 10.4. The van der Waals surface area contributed by atoms with Crippen LogP contribution in [0.2, 0.25) is 0 Å². The number of hydrogen-bond acceptors (Lipinski definition) is 7. The smallest absolute Gasteiger partial charge is 0.331 e. The van der Waals surface area contributed by atoms with Gasteiger partial charge in [-0.3, -0.25) is 14.5 Å². The van der Waals surface area contributed by atoms with Crippen molar-refractivity contribution in [3.63, 3.8) is 0 Å². The summed E-state index contributed by atoms with van der Waals surface area (Å²) in [5, 5.41) is 12.4. The van der Waals surface area contributed by atoms with Gasteiger partial charge in [-0.25, -0.2) is 13.2 Å². The van der Waals surface area contributed by atoms with Gasteiger partial charge in [0, 0.05) is 17.3 Å². The first-order valence-corrected chi connectivity index (χ1v) is 12.9. The second kappa shape index (κ2) is 9.54. The quantitative estimate of drug-likeness (QED) is 0.588. The van der Waals surface area contributed by atoms with Gasteiger partial charge < -0.3 is 14.6 Å². The number of rotatable bonds is 6. The van der Waals surface area contributed by atoms with Crippen molar-refractivity contribution >= 4 is 33.6 Å². The van der Waals surface area contributed by atoms with Crippen molar-refractivity contribution in [2.24, 2.45) is 4.99 Å². The SMILES string of the molecule is Cc1c(C#N)c(NC(=O)COC(=O)[C@H](C)N=C2NS(=O)(=O)c3ccccc32)n(C2CCCC2)c1C. The molecule has 2 aromatic rings. The van der Waals surface area contributed by atoms with E-state index >= 15 is 0 Å². The van der Waals surface area contributed by atoms with Crippen LogP contribution in [0, 0.1) is 25.2 Å². The molecular weight excluding hydrogens is 470 g/mol. The number of sulfonamides is 1. The topological polar surface area (TPSA) is 143 Å². The second-order valence-electron chi connectivity index (χ2n) is 8.77. The highest BCUT2D eigenvalue weighted by Gasteiger charge is 2.31. The Kier molecular flexibility index (Phi) is 6.67. The summed E-state index contributed by atoms with van der Waals surface area (Å²) in [5.41, 5.74) is 2.52. The van der Waals surface area contributed by atoms with Crippen LogP contribution in [0.1, 0.15) is 61.0 Å². The monoisotopic (exact) mass is 497 g/mol. The van der Waals surface area contributed by atoms with Crippen molar-refractivity contribution in [2.45, 2.75) is 63.4 Å². The first kappa shape index (κ1) is 24.5. The van der Waals surface area contributed by atoms with Crippen molar-refractivity contribution in [1.29, 1.82) is 5.26 Å². The van der Waals surface area contributed by atoms with E-state index in [0.717, 1.165) is 36.9 Å². The van der Waals surface area contributed by atoms with Crippen molar-refractivity contribution in [3.8, 4) is 6.07 Å². The number of benzene rings is 1. The molecule has 0 unspecified atom stereocenters. The standard InChI is InChI=1S/C24H27N5O5S/c1-14-16(3)29(17-8-4-5-9-17)23(19(14)12-25)27-21(30)13-34-24(31)15(2)26-22-18-10-6-7-11-20(18)35(32,33)28-22/h6-7,10-11,15,17H,4-5,8-9,13H2,1-3H3,(H,26,28)(H,27,30)/t15-/m0/s1. The van der Waals surface area contributed by atoms with Crippen LogP contribution in [0.15, 0.2) is 34.2 Å². The summed E-state index contributed by atoms with van der Waals surface area (Å²) in [4.78, 5) is 29.4. The molecule has 4 rings (SSSR count). The number of amidine groups is 1. The number of carbonyl (C=O) groups excluding carboxylic acids is 2. The molecule has 1 atom stereocenters. The molecular formula is C24H27N5O5S. The fraction of sp³-hybridized carbons (Fsp3) is 0.417. The number of hydrogen-bond donors (Lipinski definition) is 2. The van der Waals surface area contributed by atoms with Gasteiger partial charge in [0.1, 0.15) is 23.8 Å². The van der Waals surface area contributed by atoms with E-state index in [4.69, 9.17) is 4.74 Å². The Balaban J connectivity index is 1.44. The molecule has 1 fully saturated rings. The van der Waals surface area contributed by atoms with Gasteiger partial charge in [-0.15, -0.1) is 0 Å². The van der Waals surface area contributed by atoms with Crippen molar-refractivity contribution in [3.05, 3.63) is 46.6 Å². The molecule has 35 heavy (non-hydrogen) atoms. The molecule has 1 aliphatic carbocycles. The average molecular weight is 498 g/mol. The predicted molar refractivity (Wildman–Crippen MR) is 128 cm³/mol. The van der Waals surface area contributed by atoms with E-state index in [9.17, 15) is 23.3 Å². The molecule has 11 heteroatoms. The summed E-state index contributed by atoms with van der Waals surface area (Å²) < 4.78 is 33.9. The van der Waals surface area contributed by atoms with Crippen LogP contribution in [-0.4, -0.2) is 43.3 Å². The van der Waals surface area contributed by atoms with Crippen LogP contribution in [0.3, 0.4) is 0 Å². The van der Waals surface area contributed by atoms with Crippen LogP contribution >= 0.6 is 0 Å². The zero-order valence-corrected chi connectivity index (χ0v) is 20.6. The number of carbonyl (C=O) groups is 2. The molecule has 184 valence electrons. The molecule has 1 amide bonds.